The molecule has 0 aromatic heterocycles. The van der Waals surface area contributed by atoms with Crippen LogP contribution in [0.4, 0.5) is 0 Å². The summed E-state index contributed by atoms with van der Waals surface area (Å²) in [5.41, 5.74) is 0. The molecule has 1 unspecified atom stereocenters. The molecule has 0 aliphatic carbocycles. The summed E-state index contributed by atoms with van der Waals surface area (Å²) in [6, 6.07) is 0. The lowest BCUT2D eigenvalue weighted by atomic mass is 9.99. The van der Waals surface area contributed by atoms with E-state index in [2.05, 4.69) is 0 Å². The summed E-state index contributed by atoms with van der Waals surface area (Å²) in [4.78, 5) is 20.4. The Balaban J connectivity index is 3.59. The van der Waals surface area contributed by atoms with E-state index in [0.29, 0.717) is 12.8 Å². The highest BCUT2D eigenvalue weighted by Gasteiger charge is 2.12. The van der Waals surface area contributed by atoms with Gasteiger partial charge in [-0.25, -0.2) is 0 Å². The monoisotopic (exact) mass is 190 g/mol. The standard InChI is InChI=1S/C8H14O5/c9-5-6(4-8(12)13)2-1-3-7(10)11/h6,9H,1-5H2,(H,10,11)(H,12,13). The fraction of sp³-hybridized carbons (Fsp3) is 0.750. The molecule has 0 aliphatic rings. The number of carboxylic acids is 2. The van der Waals surface area contributed by atoms with Crippen molar-refractivity contribution in [1.82, 2.24) is 0 Å². The maximum atomic E-state index is 10.2. The first-order chi connectivity index (χ1) is 6.06. The van der Waals surface area contributed by atoms with E-state index in [1.807, 2.05) is 0 Å². The van der Waals surface area contributed by atoms with E-state index in [-0.39, 0.29) is 25.4 Å². The quantitative estimate of drug-likeness (QED) is 0.537. The zero-order valence-electron chi connectivity index (χ0n) is 7.27. The molecular formula is C8H14O5. The minimum absolute atomic E-state index is 0.0239. The second-order valence-corrected chi connectivity index (χ2v) is 2.93. The van der Waals surface area contributed by atoms with E-state index in [9.17, 15) is 9.59 Å². The Morgan fingerprint density at radius 1 is 1.15 bits per heavy atom. The molecule has 0 radical (unpaired) electrons. The first-order valence-electron chi connectivity index (χ1n) is 4.10. The smallest absolute Gasteiger partial charge is 0.303 e. The molecule has 13 heavy (non-hydrogen) atoms. The van der Waals surface area contributed by atoms with Crippen molar-refractivity contribution in [3.05, 3.63) is 0 Å². The number of aliphatic carboxylic acids is 2. The van der Waals surface area contributed by atoms with Crippen LogP contribution in [0.25, 0.3) is 0 Å². The lowest BCUT2D eigenvalue weighted by Gasteiger charge is -2.09. The second kappa shape index (κ2) is 6.42. The average Bonchev–Trinajstić information content (AvgIpc) is 2.01. The molecule has 0 rings (SSSR count). The predicted molar refractivity (Wildman–Crippen MR) is 44.3 cm³/mol. The Labute approximate surface area is 76.0 Å². The summed E-state index contributed by atoms with van der Waals surface area (Å²) in [6.07, 6.45) is 0.773. The summed E-state index contributed by atoms with van der Waals surface area (Å²) >= 11 is 0. The molecule has 1 atom stereocenters. The van der Waals surface area contributed by atoms with Gasteiger partial charge in [0.05, 0.1) is 6.42 Å². The van der Waals surface area contributed by atoms with Crippen molar-refractivity contribution in [2.45, 2.75) is 25.7 Å². The van der Waals surface area contributed by atoms with Crippen LogP contribution in [0, 0.1) is 5.92 Å². The summed E-state index contributed by atoms with van der Waals surface area (Å²) in [6.45, 7) is -0.202. The highest BCUT2D eigenvalue weighted by atomic mass is 16.4. The average molecular weight is 190 g/mol. The molecule has 0 saturated heterocycles. The third-order valence-electron chi connectivity index (χ3n) is 1.72. The van der Waals surface area contributed by atoms with E-state index in [1.54, 1.807) is 0 Å². The normalized spacial score (nSPS) is 12.4. The summed E-state index contributed by atoms with van der Waals surface area (Å²) in [5.74, 6) is -2.18. The Hall–Kier alpha value is -1.10. The Morgan fingerprint density at radius 3 is 2.15 bits per heavy atom. The van der Waals surface area contributed by atoms with Crippen LogP contribution in [0.1, 0.15) is 25.7 Å². The van der Waals surface area contributed by atoms with Gasteiger partial charge >= 0.3 is 11.9 Å². The topological polar surface area (TPSA) is 94.8 Å². The highest BCUT2D eigenvalue weighted by molar-refractivity contribution is 5.67. The number of rotatable bonds is 7. The molecular weight excluding hydrogens is 176 g/mol. The summed E-state index contributed by atoms with van der Waals surface area (Å²) in [5, 5.41) is 25.4. The van der Waals surface area contributed by atoms with Gasteiger partial charge in [-0.2, -0.15) is 0 Å². The van der Waals surface area contributed by atoms with Crippen LogP contribution in [0.2, 0.25) is 0 Å². The SMILES string of the molecule is O=C(O)CCCC(CO)CC(=O)O. The van der Waals surface area contributed by atoms with Crippen molar-refractivity contribution in [2.75, 3.05) is 6.61 Å². The highest BCUT2D eigenvalue weighted by Crippen LogP contribution is 2.11. The van der Waals surface area contributed by atoms with Crippen LogP contribution in [-0.4, -0.2) is 33.9 Å². The van der Waals surface area contributed by atoms with E-state index >= 15 is 0 Å². The molecule has 0 aromatic carbocycles. The van der Waals surface area contributed by atoms with Gasteiger partial charge in [-0.15, -0.1) is 0 Å². The number of aliphatic hydroxyl groups is 1. The molecule has 0 heterocycles. The molecule has 5 heteroatoms. The van der Waals surface area contributed by atoms with Crippen molar-refractivity contribution in [1.29, 1.82) is 0 Å². The fourth-order valence-corrected chi connectivity index (χ4v) is 1.05. The first-order valence-corrected chi connectivity index (χ1v) is 4.10. The van der Waals surface area contributed by atoms with Crippen molar-refractivity contribution in [2.24, 2.45) is 5.92 Å². The maximum Gasteiger partial charge on any atom is 0.303 e. The number of hydrogen-bond acceptors (Lipinski definition) is 3. The Morgan fingerprint density at radius 2 is 1.77 bits per heavy atom. The third-order valence-corrected chi connectivity index (χ3v) is 1.72. The Kier molecular flexibility index (Phi) is 5.88. The molecule has 0 aliphatic heterocycles. The van der Waals surface area contributed by atoms with Gasteiger partial charge in [0.2, 0.25) is 0 Å². The molecule has 0 fully saturated rings. The molecule has 0 spiro atoms. The Bertz CT molecular complexity index is 177. The van der Waals surface area contributed by atoms with Crippen LogP contribution < -0.4 is 0 Å². The summed E-state index contributed by atoms with van der Waals surface area (Å²) in [7, 11) is 0. The van der Waals surface area contributed by atoms with E-state index in [1.165, 1.54) is 0 Å². The van der Waals surface area contributed by atoms with Gasteiger partial charge in [-0.05, 0) is 18.8 Å². The van der Waals surface area contributed by atoms with Crippen LogP contribution >= 0.6 is 0 Å². The summed E-state index contributed by atoms with van der Waals surface area (Å²) < 4.78 is 0. The third kappa shape index (κ3) is 7.27. The van der Waals surface area contributed by atoms with Crippen LogP contribution in [-0.2, 0) is 9.59 Å². The van der Waals surface area contributed by atoms with Crippen LogP contribution in [0.5, 0.6) is 0 Å². The molecule has 0 saturated carbocycles. The molecule has 0 amide bonds. The number of aliphatic hydroxyl groups excluding tert-OH is 1. The minimum Gasteiger partial charge on any atom is -0.481 e. The molecule has 0 bridgehead atoms. The number of carbonyl (C=O) groups is 2. The van der Waals surface area contributed by atoms with Gasteiger partial charge in [0.25, 0.3) is 0 Å². The van der Waals surface area contributed by atoms with Gasteiger partial charge < -0.3 is 15.3 Å². The largest absolute Gasteiger partial charge is 0.481 e. The molecule has 3 N–H and O–H groups in total. The van der Waals surface area contributed by atoms with E-state index in [4.69, 9.17) is 15.3 Å². The van der Waals surface area contributed by atoms with Gasteiger partial charge in [-0.1, -0.05) is 0 Å². The van der Waals surface area contributed by atoms with E-state index in [0.717, 1.165) is 0 Å². The van der Waals surface area contributed by atoms with Crippen LogP contribution in [0.3, 0.4) is 0 Å². The van der Waals surface area contributed by atoms with Gasteiger partial charge in [0, 0.05) is 13.0 Å². The van der Waals surface area contributed by atoms with Crippen molar-refractivity contribution in [3.63, 3.8) is 0 Å². The number of hydrogen-bond donors (Lipinski definition) is 3. The molecule has 0 aromatic rings. The van der Waals surface area contributed by atoms with Gasteiger partial charge in [-0.3, -0.25) is 9.59 Å². The molecule has 76 valence electrons. The van der Waals surface area contributed by atoms with Gasteiger partial charge in [0.15, 0.2) is 0 Å². The zero-order valence-corrected chi connectivity index (χ0v) is 7.27. The number of carboxylic acid groups (broad SMARTS) is 2. The second-order valence-electron chi connectivity index (χ2n) is 2.93. The van der Waals surface area contributed by atoms with Crippen molar-refractivity contribution in [3.8, 4) is 0 Å². The molecule has 5 nitrogen and oxygen atoms in total. The fourth-order valence-electron chi connectivity index (χ4n) is 1.05. The van der Waals surface area contributed by atoms with E-state index < -0.39 is 11.9 Å². The predicted octanol–water partition coefficient (Wildman–Crippen LogP) is 0.325. The lowest BCUT2D eigenvalue weighted by molar-refractivity contribution is -0.138. The van der Waals surface area contributed by atoms with Crippen LogP contribution in [0.15, 0.2) is 0 Å². The maximum absolute atomic E-state index is 10.2. The first kappa shape index (κ1) is 11.9. The lowest BCUT2D eigenvalue weighted by Crippen LogP contribution is -2.12. The van der Waals surface area contributed by atoms with Crippen molar-refractivity contribution < 1.29 is 24.9 Å². The zero-order chi connectivity index (χ0) is 10.3. The minimum atomic E-state index is -0.964. The van der Waals surface area contributed by atoms with Gasteiger partial charge in [0.1, 0.15) is 0 Å². The van der Waals surface area contributed by atoms with Crippen molar-refractivity contribution >= 4 is 11.9 Å².